The van der Waals surface area contributed by atoms with Crippen LogP contribution in [0.3, 0.4) is 0 Å². The van der Waals surface area contributed by atoms with Crippen molar-refractivity contribution in [1.29, 1.82) is 5.26 Å². The Morgan fingerprint density at radius 3 is 2.72 bits per heavy atom. The van der Waals surface area contributed by atoms with E-state index in [4.69, 9.17) is 0 Å². The lowest BCUT2D eigenvalue weighted by Gasteiger charge is -2.20. The van der Waals surface area contributed by atoms with E-state index in [2.05, 4.69) is 90.7 Å². The number of hydrogen-bond donors (Lipinski definition) is 0. The van der Waals surface area contributed by atoms with E-state index in [0.717, 1.165) is 0 Å². The van der Waals surface area contributed by atoms with Crippen molar-refractivity contribution in [3.63, 3.8) is 0 Å². The lowest BCUT2D eigenvalue weighted by atomic mass is 9.75. The van der Waals surface area contributed by atoms with Gasteiger partial charge in [-0.15, -0.1) is 11.3 Å². The fraction of sp³-hybridized carbons (Fsp3) is 0.182. The third kappa shape index (κ3) is 2.42. The average molecular weight is 343 g/mol. The maximum Gasteiger partial charge on any atom is 0.210 e. The summed E-state index contributed by atoms with van der Waals surface area (Å²) in [6.45, 7) is 2.19. The number of nitriles is 1. The van der Waals surface area contributed by atoms with E-state index in [1.54, 1.807) is 11.3 Å². The zero-order valence-electron chi connectivity index (χ0n) is 14.4. The fourth-order valence-electron chi connectivity index (χ4n) is 3.93. The van der Waals surface area contributed by atoms with Crippen molar-refractivity contribution >= 4 is 39.6 Å². The van der Waals surface area contributed by atoms with E-state index in [0.29, 0.717) is 6.42 Å². The van der Waals surface area contributed by atoms with Crippen LogP contribution in [0.2, 0.25) is 0 Å². The molecule has 3 heteroatoms. The fourth-order valence-corrected chi connectivity index (χ4v) is 4.55. The van der Waals surface area contributed by atoms with Crippen molar-refractivity contribution in [3.05, 3.63) is 70.4 Å². The summed E-state index contributed by atoms with van der Waals surface area (Å²) in [6.07, 6.45) is 4.79. The Balaban J connectivity index is 1.94. The number of thiophene rings is 1. The van der Waals surface area contributed by atoms with Gasteiger partial charge in [-0.05, 0) is 41.3 Å². The molecule has 0 saturated carbocycles. The molecule has 1 aliphatic heterocycles. The summed E-state index contributed by atoms with van der Waals surface area (Å²) in [5.74, 6) is 0. The number of fused-ring (bicyclic) bond motifs is 3. The van der Waals surface area contributed by atoms with Crippen LogP contribution < -0.4 is 0 Å². The van der Waals surface area contributed by atoms with Gasteiger partial charge in [-0.25, -0.2) is 0 Å². The van der Waals surface area contributed by atoms with Gasteiger partial charge in [-0.2, -0.15) is 9.84 Å². The molecule has 4 rings (SSSR count). The van der Waals surface area contributed by atoms with Gasteiger partial charge in [0.1, 0.15) is 7.05 Å². The molecular weight excluding hydrogens is 324 g/mol. The van der Waals surface area contributed by atoms with E-state index >= 15 is 0 Å². The second-order valence-electron chi connectivity index (χ2n) is 6.64. The summed E-state index contributed by atoms with van der Waals surface area (Å²) in [4.78, 5) is 1.22. The summed E-state index contributed by atoms with van der Waals surface area (Å²) < 4.78 is 2.24. The Labute approximate surface area is 152 Å². The quantitative estimate of drug-likeness (QED) is 0.576. The molecule has 0 N–H and O–H groups in total. The van der Waals surface area contributed by atoms with Crippen molar-refractivity contribution in [3.8, 4) is 6.07 Å². The molecule has 0 saturated heterocycles. The molecule has 2 heterocycles. The standard InChI is InChI=1S/C22H19N2S/c1-22(13-14-23)20(12-10-17-7-5-15-25-17)24(2)19-11-9-16-6-3-4-8-18(16)21(19)22/h3-12,15H,13H2,1-2H3/q+1. The number of hydrogen-bond acceptors (Lipinski definition) is 2. The Hall–Kier alpha value is -2.70. The molecular formula is C22H19N2S+. The molecule has 1 atom stereocenters. The third-order valence-corrected chi connectivity index (χ3v) is 5.97. The van der Waals surface area contributed by atoms with E-state index < -0.39 is 0 Å². The molecule has 3 aromatic rings. The maximum absolute atomic E-state index is 9.54. The molecule has 2 aromatic carbocycles. The molecule has 0 aliphatic carbocycles. The molecule has 2 nitrogen and oxygen atoms in total. The summed E-state index contributed by atoms with van der Waals surface area (Å²) in [5.41, 5.74) is 3.32. The van der Waals surface area contributed by atoms with Gasteiger partial charge in [-0.3, -0.25) is 0 Å². The van der Waals surface area contributed by atoms with Crippen LogP contribution in [0, 0.1) is 11.3 Å². The van der Waals surface area contributed by atoms with Crippen molar-refractivity contribution < 1.29 is 4.58 Å². The van der Waals surface area contributed by atoms with Gasteiger partial charge < -0.3 is 0 Å². The first-order valence-electron chi connectivity index (χ1n) is 8.37. The van der Waals surface area contributed by atoms with Crippen LogP contribution in [0.5, 0.6) is 0 Å². The average Bonchev–Trinajstić information content (AvgIpc) is 3.20. The Morgan fingerprint density at radius 2 is 1.96 bits per heavy atom. The highest BCUT2D eigenvalue weighted by Gasteiger charge is 2.47. The summed E-state index contributed by atoms with van der Waals surface area (Å²) >= 11 is 1.72. The van der Waals surface area contributed by atoms with Crippen molar-refractivity contribution in [2.75, 3.05) is 7.05 Å². The normalized spacial score (nSPS) is 19.6. The molecule has 0 bridgehead atoms. The first-order chi connectivity index (χ1) is 12.1. The van der Waals surface area contributed by atoms with Crippen LogP contribution in [0.1, 0.15) is 23.8 Å². The van der Waals surface area contributed by atoms with Crippen LogP contribution in [-0.4, -0.2) is 17.3 Å². The molecule has 1 unspecified atom stereocenters. The van der Waals surface area contributed by atoms with Gasteiger partial charge in [0, 0.05) is 22.6 Å². The van der Waals surface area contributed by atoms with Crippen molar-refractivity contribution in [1.82, 2.24) is 0 Å². The maximum atomic E-state index is 9.54. The van der Waals surface area contributed by atoms with Crippen LogP contribution >= 0.6 is 11.3 Å². The highest BCUT2D eigenvalue weighted by atomic mass is 32.1. The van der Waals surface area contributed by atoms with Gasteiger partial charge in [-0.1, -0.05) is 30.3 Å². The van der Waals surface area contributed by atoms with Crippen LogP contribution in [0.4, 0.5) is 5.69 Å². The second-order valence-corrected chi connectivity index (χ2v) is 7.62. The monoisotopic (exact) mass is 343 g/mol. The number of allylic oxidation sites excluding steroid dienone is 1. The van der Waals surface area contributed by atoms with Crippen LogP contribution in [-0.2, 0) is 5.41 Å². The highest BCUT2D eigenvalue weighted by Crippen LogP contribution is 2.45. The lowest BCUT2D eigenvalue weighted by molar-refractivity contribution is -0.401. The zero-order valence-corrected chi connectivity index (χ0v) is 15.2. The molecule has 1 aliphatic rings. The first-order valence-corrected chi connectivity index (χ1v) is 9.25. The Morgan fingerprint density at radius 1 is 1.12 bits per heavy atom. The summed E-state index contributed by atoms with van der Waals surface area (Å²) in [5, 5.41) is 14.1. The SMILES string of the molecule is C[N+]1=C(C=Cc2cccs2)C(C)(CC#N)c2c1ccc1ccccc21. The topological polar surface area (TPSA) is 26.8 Å². The predicted molar refractivity (Wildman–Crippen MR) is 106 cm³/mol. The van der Waals surface area contributed by atoms with Gasteiger partial charge in [0.2, 0.25) is 5.69 Å². The molecule has 0 fully saturated rings. The summed E-state index contributed by atoms with van der Waals surface area (Å²) in [7, 11) is 2.10. The van der Waals surface area contributed by atoms with Crippen LogP contribution in [0.25, 0.3) is 16.8 Å². The smallest absolute Gasteiger partial charge is 0.198 e. The summed E-state index contributed by atoms with van der Waals surface area (Å²) in [6, 6.07) is 19.4. The van der Waals surface area contributed by atoms with Gasteiger partial charge in [0.15, 0.2) is 5.71 Å². The van der Waals surface area contributed by atoms with Gasteiger partial charge >= 0.3 is 0 Å². The largest absolute Gasteiger partial charge is 0.210 e. The number of benzene rings is 2. The second kappa shape index (κ2) is 5.98. The van der Waals surface area contributed by atoms with E-state index in [1.165, 1.54) is 32.6 Å². The van der Waals surface area contributed by atoms with E-state index in [1.807, 2.05) is 0 Å². The predicted octanol–water partition coefficient (Wildman–Crippen LogP) is 5.51. The van der Waals surface area contributed by atoms with Crippen molar-refractivity contribution in [2.24, 2.45) is 0 Å². The molecule has 0 radical (unpaired) electrons. The van der Waals surface area contributed by atoms with E-state index in [-0.39, 0.29) is 5.41 Å². The first kappa shape index (κ1) is 15.8. The van der Waals surface area contributed by atoms with Gasteiger partial charge in [0.05, 0.1) is 17.9 Å². The van der Waals surface area contributed by atoms with Crippen LogP contribution in [0.15, 0.2) is 60.0 Å². The molecule has 25 heavy (non-hydrogen) atoms. The molecule has 0 amide bonds. The van der Waals surface area contributed by atoms with Crippen molar-refractivity contribution in [2.45, 2.75) is 18.8 Å². The Kier molecular flexibility index (Phi) is 3.78. The zero-order chi connectivity index (χ0) is 17.4. The molecule has 122 valence electrons. The van der Waals surface area contributed by atoms with Gasteiger partial charge in [0.25, 0.3) is 0 Å². The molecule has 0 spiro atoms. The minimum absolute atomic E-state index is 0.312. The Bertz CT molecular complexity index is 1050. The van der Waals surface area contributed by atoms with E-state index in [9.17, 15) is 5.26 Å². The third-order valence-electron chi connectivity index (χ3n) is 5.13. The minimum atomic E-state index is -0.312. The lowest BCUT2D eigenvalue weighted by Crippen LogP contribution is -2.30. The highest BCUT2D eigenvalue weighted by molar-refractivity contribution is 7.10. The number of rotatable bonds is 3. The minimum Gasteiger partial charge on any atom is -0.198 e. The number of nitrogens with zero attached hydrogens (tertiary/aromatic N) is 2. The molecule has 1 aromatic heterocycles.